The number of rotatable bonds is 2. The third kappa shape index (κ3) is 2.03. The van der Waals surface area contributed by atoms with Crippen LogP contribution < -0.4 is 0 Å². The number of aromatic carboxylic acids is 1. The second-order valence-electron chi connectivity index (χ2n) is 4.17. The van der Waals surface area contributed by atoms with Crippen LogP contribution in [0, 0.1) is 0 Å². The summed E-state index contributed by atoms with van der Waals surface area (Å²) in [5.74, 6) is -1.07. The Hall–Kier alpha value is -2.04. The number of nitrogens with zero attached hydrogens (tertiary/aromatic N) is 2. The van der Waals surface area contributed by atoms with Gasteiger partial charge in [-0.1, -0.05) is 29.3 Å². The van der Waals surface area contributed by atoms with E-state index in [-0.39, 0.29) is 5.69 Å². The Morgan fingerprint density at radius 1 is 1.20 bits per heavy atom. The third-order valence-electron chi connectivity index (χ3n) is 2.92. The summed E-state index contributed by atoms with van der Waals surface area (Å²) in [5, 5.41) is 10.3. The van der Waals surface area contributed by atoms with Gasteiger partial charge in [-0.3, -0.25) is 4.40 Å². The Morgan fingerprint density at radius 2 is 2.00 bits per heavy atom. The molecular weight excluding hydrogens is 299 g/mol. The first kappa shape index (κ1) is 13.0. The normalized spacial score (nSPS) is 10.9. The van der Waals surface area contributed by atoms with Crippen LogP contribution in [-0.2, 0) is 0 Å². The first-order chi connectivity index (χ1) is 9.58. The number of halogens is 2. The van der Waals surface area contributed by atoms with E-state index >= 15 is 0 Å². The maximum absolute atomic E-state index is 11.5. The van der Waals surface area contributed by atoms with E-state index in [0.717, 1.165) is 0 Å². The molecule has 0 aliphatic carbocycles. The molecule has 100 valence electrons. The average molecular weight is 307 g/mol. The number of benzene rings is 1. The van der Waals surface area contributed by atoms with Crippen molar-refractivity contribution in [2.24, 2.45) is 0 Å². The molecular formula is C14H8Cl2N2O2. The fraction of sp³-hybridized carbons (Fsp3) is 0. The van der Waals surface area contributed by atoms with Crippen LogP contribution >= 0.6 is 23.2 Å². The fourth-order valence-corrected chi connectivity index (χ4v) is 2.45. The van der Waals surface area contributed by atoms with Crippen molar-refractivity contribution in [1.29, 1.82) is 0 Å². The summed E-state index contributed by atoms with van der Waals surface area (Å²) in [4.78, 5) is 15.9. The fourth-order valence-electron chi connectivity index (χ4n) is 2.07. The number of pyridine rings is 1. The molecule has 20 heavy (non-hydrogen) atoms. The zero-order valence-corrected chi connectivity index (χ0v) is 11.6. The molecule has 4 nitrogen and oxygen atoms in total. The van der Waals surface area contributed by atoms with Gasteiger partial charge in [-0.2, -0.15) is 0 Å². The van der Waals surface area contributed by atoms with Crippen LogP contribution in [0.3, 0.4) is 0 Å². The molecule has 0 aliphatic heterocycles. The summed E-state index contributed by atoms with van der Waals surface area (Å²) in [6.45, 7) is 0. The van der Waals surface area contributed by atoms with Crippen molar-refractivity contribution < 1.29 is 9.90 Å². The van der Waals surface area contributed by atoms with Gasteiger partial charge in [0.25, 0.3) is 0 Å². The van der Waals surface area contributed by atoms with Crippen molar-refractivity contribution >= 4 is 34.8 Å². The van der Waals surface area contributed by atoms with Gasteiger partial charge in [0.15, 0.2) is 5.69 Å². The quantitative estimate of drug-likeness (QED) is 0.778. The van der Waals surface area contributed by atoms with Crippen molar-refractivity contribution in [2.75, 3.05) is 0 Å². The van der Waals surface area contributed by atoms with E-state index in [9.17, 15) is 9.90 Å². The Kier molecular flexibility index (Phi) is 3.12. The van der Waals surface area contributed by atoms with Gasteiger partial charge in [0.1, 0.15) is 11.3 Å². The average Bonchev–Trinajstić information content (AvgIpc) is 2.80. The Balaban J connectivity index is 2.38. The minimum absolute atomic E-state index is 0.0600. The van der Waals surface area contributed by atoms with Crippen LogP contribution in [0.5, 0.6) is 0 Å². The van der Waals surface area contributed by atoms with Gasteiger partial charge >= 0.3 is 5.97 Å². The molecule has 6 heteroatoms. The van der Waals surface area contributed by atoms with Crippen molar-refractivity contribution in [3.8, 4) is 11.3 Å². The Labute approximate surface area is 124 Å². The second-order valence-corrected chi connectivity index (χ2v) is 5.01. The molecule has 0 saturated carbocycles. The first-order valence-corrected chi connectivity index (χ1v) is 6.49. The number of carbonyl (C=O) groups is 1. The lowest BCUT2D eigenvalue weighted by Crippen LogP contribution is -2.03. The highest BCUT2D eigenvalue weighted by Gasteiger charge is 2.21. The highest BCUT2D eigenvalue weighted by Crippen LogP contribution is 2.32. The number of fused-ring (bicyclic) bond motifs is 1. The van der Waals surface area contributed by atoms with Gasteiger partial charge < -0.3 is 5.11 Å². The monoisotopic (exact) mass is 306 g/mol. The van der Waals surface area contributed by atoms with E-state index < -0.39 is 5.97 Å². The Morgan fingerprint density at radius 3 is 2.75 bits per heavy atom. The lowest BCUT2D eigenvalue weighted by Gasteiger charge is -2.03. The highest BCUT2D eigenvalue weighted by molar-refractivity contribution is 6.35. The molecule has 1 aromatic carbocycles. The number of carboxylic acids is 1. The van der Waals surface area contributed by atoms with Gasteiger partial charge in [-0.15, -0.1) is 0 Å². The van der Waals surface area contributed by atoms with E-state index in [2.05, 4.69) is 4.98 Å². The molecule has 0 saturated heterocycles. The molecule has 3 rings (SSSR count). The van der Waals surface area contributed by atoms with Gasteiger partial charge in [0, 0.05) is 16.8 Å². The zero-order valence-electron chi connectivity index (χ0n) is 10.0. The summed E-state index contributed by atoms with van der Waals surface area (Å²) in [6, 6.07) is 10.1. The summed E-state index contributed by atoms with van der Waals surface area (Å²) < 4.78 is 1.51. The number of imidazole rings is 1. The van der Waals surface area contributed by atoms with Gasteiger partial charge in [-0.05, 0) is 30.3 Å². The molecule has 0 spiro atoms. The van der Waals surface area contributed by atoms with Crippen LogP contribution in [-0.4, -0.2) is 20.5 Å². The van der Waals surface area contributed by atoms with Crippen LogP contribution in [0.4, 0.5) is 0 Å². The molecule has 0 aliphatic rings. The molecule has 0 unspecified atom stereocenters. The van der Waals surface area contributed by atoms with Crippen molar-refractivity contribution in [3.63, 3.8) is 0 Å². The SMILES string of the molecule is O=C(O)c1c(-c2cc(Cl)ccc2Cl)nc2ccccn12. The van der Waals surface area contributed by atoms with E-state index in [1.54, 1.807) is 42.6 Å². The number of hydrogen-bond acceptors (Lipinski definition) is 2. The minimum atomic E-state index is -1.07. The molecule has 0 amide bonds. The molecule has 2 heterocycles. The van der Waals surface area contributed by atoms with E-state index in [1.807, 2.05) is 0 Å². The zero-order chi connectivity index (χ0) is 14.3. The van der Waals surface area contributed by atoms with Crippen LogP contribution in [0.2, 0.25) is 10.0 Å². The summed E-state index contributed by atoms with van der Waals surface area (Å²) in [7, 11) is 0. The maximum Gasteiger partial charge on any atom is 0.355 e. The summed E-state index contributed by atoms with van der Waals surface area (Å²) in [6.07, 6.45) is 1.65. The molecule has 2 aromatic heterocycles. The number of hydrogen-bond donors (Lipinski definition) is 1. The third-order valence-corrected chi connectivity index (χ3v) is 3.48. The molecule has 0 fully saturated rings. The standard InChI is InChI=1S/C14H8Cl2N2O2/c15-8-4-5-10(16)9(7-8)12-13(14(19)20)18-6-2-1-3-11(18)17-12/h1-7H,(H,19,20). The van der Waals surface area contributed by atoms with E-state index in [0.29, 0.717) is 26.9 Å². The van der Waals surface area contributed by atoms with Gasteiger partial charge in [-0.25, -0.2) is 9.78 Å². The topological polar surface area (TPSA) is 54.6 Å². The first-order valence-electron chi connectivity index (χ1n) is 5.74. The lowest BCUT2D eigenvalue weighted by atomic mass is 10.1. The van der Waals surface area contributed by atoms with Crippen LogP contribution in [0.1, 0.15) is 10.5 Å². The lowest BCUT2D eigenvalue weighted by molar-refractivity contribution is 0.0690. The number of carboxylic acid groups (broad SMARTS) is 1. The predicted molar refractivity (Wildman–Crippen MR) is 77.6 cm³/mol. The van der Waals surface area contributed by atoms with Crippen LogP contribution in [0.15, 0.2) is 42.6 Å². The maximum atomic E-state index is 11.5. The molecule has 1 N–H and O–H groups in total. The Bertz CT molecular complexity index is 827. The van der Waals surface area contributed by atoms with E-state index in [4.69, 9.17) is 23.2 Å². The van der Waals surface area contributed by atoms with Crippen molar-refractivity contribution in [1.82, 2.24) is 9.38 Å². The molecule has 0 bridgehead atoms. The predicted octanol–water partition coefficient (Wildman–Crippen LogP) is 4.01. The molecule has 0 atom stereocenters. The second kappa shape index (κ2) is 4.81. The molecule has 0 radical (unpaired) electrons. The van der Waals surface area contributed by atoms with Gasteiger partial charge in [0.05, 0.1) is 5.02 Å². The summed E-state index contributed by atoms with van der Waals surface area (Å²) >= 11 is 12.1. The summed E-state index contributed by atoms with van der Waals surface area (Å²) in [5.41, 5.74) is 1.40. The van der Waals surface area contributed by atoms with Crippen LogP contribution in [0.25, 0.3) is 16.9 Å². The van der Waals surface area contributed by atoms with Gasteiger partial charge in [0.2, 0.25) is 0 Å². The van der Waals surface area contributed by atoms with Crippen molar-refractivity contribution in [2.45, 2.75) is 0 Å². The number of aromatic nitrogens is 2. The van der Waals surface area contributed by atoms with E-state index in [1.165, 1.54) is 4.40 Å². The smallest absolute Gasteiger partial charge is 0.355 e. The largest absolute Gasteiger partial charge is 0.476 e. The molecule has 3 aromatic rings. The van der Waals surface area contributed by atoms with Crippen molar-refractivity contribution in [3.05, 3.63) is 58.3 Å². The highest BCUT2D eigenvalue weighted by atomic mass is 35.5. The minimum Gasteiger partial charge on any atom is -0.476 e.